The minimum atomic E-state index is -0.309. The number of para-hydroxylation sites is 1. The SMILES string of the molecule is CC(C)c1ccccc1NC(=O)COc1ccc(/C=C2/SC(=O)N(Cc3cccc4ccccc34)C2=O)cc1. The predicted octanol–water partition coefficient (Wildman–Crippen LogP) is 7.22. The molecular formula is C32H28N2O4S. The van der Waals surface area contributed by atoms with E-state index in [1.54, 1.807) is 30.3 Å². The zero-order chi connectivity index (χ0) is 27.4. The Hall–Kier alpha value is -4.36. The first-order chi connectivity index (χ1) is 18.9. The Kier molecular flexibility index (Phi) is 7.79. The van der Waals surface area contributed by atoms with Crippen LogP contribution in [-0.2, 0) is 16.1 Å². The van der Waals surface area contributed by atoms with Crippen molar-refractivity contribution >= 4 is 51.4 Å². The zero-order valence-corrected chi connectivity index (χ0v) is 22.5. The number of hydrogen-bond acceptors (Lipinski definition) is 5. The molecule has 4 aromatic carbocycles. The normalized spacial score (nSPS) is 14.4. The van der Waals surface area contributed by atoms with Gasteiger partial charge in [0.15, 0.2) is 6.61 Å². The van der Waals surface area contributed by atoms with Crippen LogP contribution in [0.3, 0.4) is 0 Å². The highest BCUT2D eigenvalue weighted by molar-refractivity contribution is 8.18. The molecule has 0 radical (unpaired) electrons. The summed E-state index contributed by atoms with van der Waals surface area (Å²) in [5, 5.41) is 4.72. The number of carbonyl (C=O) groups excluding carboxylic acids is 3. The van der Waals surface area contributed by atoms with Crippen LogP contribution in [0.25, 0.3) is 16.8 Å². The largest absolute Gasteiger partial charge is 0.484 e. The van der Waals surface area contributed by atoms with Crippen LogP contribution in [0.1, 0.15) is 36.5 Å². The number of hydrogen-bond donors (Lipinski definition) is 1. The molecule has 1 heterocycles. The fourth-order valence-electron chi connectivity index (χ4n) is 4.50. The van der Waals surface area contributed by atoms with Crippen LogP contribution in [-0.4, -0.2) is 28.6 Å². The highest BCUT2D eigenvalue weighted by atomic mass is 32.2. The predicted molar refractivity (Wildman–Crippen MR) is 157 cm³/mol. The smallest absolute Gasteiger partial charge is 0.293 e. The third-order valence-corrected chi connectivity index (χ3v) is 7.39. The van der Waals surface area contributed by atoms with Crippen LogP contribution in [0.2, 0.25) is 0 Å². The topological polar surface area (TPSA) is 75.7 Å². The van der Waals surface area contributed by atoms with Crippen LogP contribution < -0.4 is 10.1 Å². The van der Waals surface area contributed by atoms with E-state index in [1.165, 1.54) is 4.90 Å². The molecule has 0 bridgehead atoms. The van der Waals surface area contributed by atoms with E-state index in [1.807, 2.05) is 66.7 Å². The molecule has 5 rings (SSSR count). The van der Waals surface area contributed by atoms with Crippen LogP contribution >= 0.6 is 11.8 Å². The lowest BCUT2D eigenvalue weighted by molar-refractivity contribution is -0.123. The molecule has 1 aliphatic heterocycles. The van der Waals surface area contributed by atoms with Crippen molar-refractivity contribution < 1.29 is 19.1 Å². The summed E-state index contributed by atoms with van der Waals surface area (Å²) in [6, 6.07) is 28.6. The van der Waals surface area contributed by atoms with E-state index < -0.39 is 0 Å². The summed E-state index contributed by atoms with van der Waals surface area (Å²) in [6.07, 6.45) is 1.70. The van der Waals surface area contributed by atoms with Crippen LogP contribution in [0.5, 0.6) is 5.75 Å². The van der Waals surface area contributed by atoms with E-state index in [4.69, 9.17) is 4.74 Å². The van der Waals surface area contributed by atoms with Crippen molar-refractivity contribution in [3.8, 4) is 5.75 Å². The van der Waals surface area contributed by atoms with Gasteiger partial charge in [-0.15, -0.1) is 0 Å². The Morgan fingerprint density at radius 1 is 0.923 bits per heavy atom. The average molecular weight is 537 g/mol. The second kappa shape index (κ2) is 11.6. The number of nitrogens with one attached hydrogen (secondary N) is 1. The van der Waals surface area contributed by atoms with Crippen molar-refractivity contribution in [1.82, 2.24) is 4.90 Å². The minimum absolute atomic E-state index is 0.126. The maximum atomic E-state index is 13.1. The molecule has 1 N–H and O–H groups in total. The molecule has 4 aromatic rings. The second-order valence-corrected chi connectivity index (χ2v) is 10.5. The van der Waals surface area contributed by atoms with Crippen molar-refractivity contribution in [2.45, 2.75) is 26.3 Å². The second-order valence-electron chi connectivity index (χ2n) is 9.55. The Labute approximate surface area is 231 Å². The van der Waals surface area contributed by atoms with Gasteiger partial charge >= 0.3 is 0 Å². The monoisotopic (exact) mass is 536 g/mol. The molecule has 0 aliphatic carbocycles. The maximum Gasteiger partial charge on any atom is 0.293 e. The molecular weight excluding hydrogens is 508 g/mol. The summed E-state index contributed by atoms with van der Waals surface area (Å²) >= 11 is 0.938. The third-order valence-electron chi connectivity index (χ3n) is 6.49. The number of nitrogens with zero attached hydrogens (tertiary/aromatic N) is 1. The minimum Gasteiger partial charge on any atom is -0.484 e. The summed E-state index contributed by atoms with van der Waals surface area (Å²) in [4.78, 5) is 39.8. The molecule has 0 saturated carbocycles. The number of thioether (sulfide) groups is 1. The van der Waals surface area contributed by atoms with Gasteiger partial charge in [0.25, 0.3) is 17.1 Å². The van der Waals surface area contributed by atoms with Gasteiger partial charge in [-0.05, 0) is 69.4 Å². The number of carbonyl (C=O) groups is 3. The maximum absolute atomic E-state index is 13.1. The molecule has 0 unspecified atom stereocenters. The summed E-state index contributed by atoms with van der Waals surface area (Å²) < 4.78 is 5.65. The Morgan fingerprint density at radius 2 is 1.64 bits per heavy atom. The molecule has 39 heavy (non-hydrogen) atoms. The van der Waals surface area contributed by atoms with Crippen molar-refractivity contribution in [3.63, 3.8) is 0 Å². The van der Waals surface area contributed by atoms with Gasteiger partial charge in [0.05, 0.1) is 11.4 Å². The number of benzene rings is 4. The molecule has 0 aromatic heterocycles. The fourth-order valence-corrected chi connectivity index (χ4v) is 5.34. The molecule has 1 fully saturated rings. The van der Waals surface area contributed by atoms with E-state index in [-0.39, 0.29) is 36.1 Å². The summed E-state index contributed by atoms with van der Waals surface area (Å²) in [7, 11) is 0. The number of ether oxygens (including phenoxy) is 1. The van der Waals surface area contributed by atoms with Crippen LogP contribution in [0.4, 0.5) is 10.5 Å². The zero-order valence-electron chi connectivity index (χ0n) is 21.7. The highest BCUT2D eigenvalue weighted by Gasteiger charge is 2.35. The van der Waals surface area contributed by atoms with Crippen LogP contribution in [0, 0.1) is 0 Å². The standard InChI is InChI=1S/C32H28N2O4S/c1-21(2)26-11-5-6-13-28(26)33-30(35)20-38-25-16-14-22(15-17-25)18-29-31(36)34(32(37)39-29)19-24-10-7-9-23-8-3-4-12-27(23)24/h3-18,21H,19-20H2,1-2H3,(H,33,35)/b29-18+. The summed E-state index contributed by atoms with van der Waals surface area (Å²) in [5.74, 6) is 0.266. The van der Waals surface area contributed by atoms with E-state index >= 15 is 0 Å². The van der Waals surface area contributed by atoms with Crippen molar-refractivity contribution in [1.29, 1.82) is 0 Å². The van der Waals surface area contributed by atoms with E-state index in [9.17, 15) is 14.4 Å². The Bertz CT molecular complexity index is 1570. The average Bonchev–Trinajstić information content (AvgIpc) is 3.20. The Balaban J connectivity index is 1.20. The first kappa shape index (κ1) is 26.3. The molecule has 1 aliphatic rings. The Morgan fingerprint density at radius 3 is 2.44 bits per heavy atom. The third kappa shape index (κ3) is 6.04. The first-order valence-electron chi connectivity index (χ1n) is 12.7. The van der Waals surface area contributed by atoms with Gasteiger partial charge in [0, 0.05) is 5.69 Å². The number of rotatable bonds is 8. The van der Waals surface area contributed by atoms with Gasteiger partial charge < -0.3 is 10.1 Å². The van der Waals surface area contributed by atoms with Crippen molar-refractivity contribution in [2.75, 3.05) is 11.9 Å². The lowest BCUT2D eigenvalue weighted by Crippen LogP contribution is -2.27. The molecule has 0 atom stereocenters. The lowest BCUT2D eigenvalue weighted by atomic mass is 10.0. The van der Waals surface area contributed by atoms with E-state index in [0.717, 1.165) is 44.9 Å². The highest BCUT2D eigenvalue weighted by Crippen LogP contribution is 2.34. The van der Waals surface area contributed by atoms with Crippen molar-refractivity contribution in [3.05, 3.63) is 113 Å². The van der Waals surface area contributed by atoms with E-state index in [0.29, 0.717) is 10.7 Å². The molecule has 0 spiro atoms. The van der Waals surface area contributed by atoms with Gasteiger partial charge in [-0.3, -0.25) is 19.3 Å². The van der Waals surface area contributed by atoms with Crippen molar-refractivity contribution in [2.24, 2.45) is 0 Å². The van der Waals surface area contributed by atoms with Gasteiger partial charge in [0.2, 0.25) is 0 Å². The van der Waals surface area contributed by atoms with Gasteiger partial charge in [-0.25, -0.2) is 0 Å². The van der Waals surface area contributed by atoms with Gasteiger partial charge in [-0.1, -0.05) is 86.6 Å². The molecule has 7 heteroatoms. The lowest BCUT2D eigenvalue weighted by Gasteiger charge is -2.14. The number of anilines is 1. The molecule has 3 amide bonds. The summed E-state index contributed by atoms with van der Waals surface area (Å²) in [5.41, 5.74) is 3.53. The quantitative estimate of drug-likeness (QED) is 0.241. The fraction of sp³-hybridized carbons (Fsp3) is 0.156. The van der Waals surface area contributed by atoms with Gasteiger partial charge in [-0.2, -0.15) is 0 Å². The summed E-state index contributed by atoms with van der Waals surface area (Å²) in [6.45, 7) is 4.25. The van der Waals surface area contributed by atoms with Crippen LogP contribution in [0.15, 0.2) is 95.9 Å². The number of amides is 3. The molecule has 196 valence electrons. The van der Waals surface area contributed by atoms with Gasteiger partial charge in [0.1, 0.15) is 5.75 Å². The molecule has 1 saturated heterocycles. The number of imide groups is 1. The molecule has 6 nitrogen and oxygen atoms in total. The first-order valence-corrected chi connectivity index (χ1v) is 13.5. The number of fused-ring (bicyclic) bond motifs is 1. The van der Waals surface area contributed by atoms with E-state index in [2.05, 4.69) is 19.2 Å².